The van der Waals surface area contributed by atoms with Crippen LogP contribution in [-0.4, -0.2) is 32.3 Å². The van der Waals surface area contributed by atoms with Gasteiger partial charge in [0.2, 0.25) is 5.91 Å². The lowest BCUT2D eigenvalue weighted by Gasteiger charge is -2.11. The van der Waals surface area contributed by atoms with Gasteiger partial charge in [0.15, 0.2) is 0 Å². The van der Waals surface area contributed by atoms with Crippen molar-refractivity contribution >= 4 is 92.0 Å². The van der Waals surface area contributed by atoms with Gasteiger partial charge in [-0.2, -0.15) is 13.2 Å². The lowest BCUT2D eigenvalue weighted by molar-refractivity contribution is -0.117. The predicted molar refractivity (Wildman–Crippen MR) is 149 cm³/mol. The monoisotopic (exact) mass is 656 g/mol. The van der Waals surface area contributed by atoms with E-state index in [9.17, 15) is 27.0 Å². The van der Waals surface area contributed by atoms with Crippen LogP contribution in [0.5, 0.6) is 0 Å². The topological polar surface area (TPSA) is 75.3 Å². The van der Waals surface area contributed by atoms with Crippen LogP contribution in [0.15, 0.2) is 65.6 Å². The third kappa shape index (κ3) is 7.20. The first kappa shape index (κ1) is 30.0. The zero-order valence-electron chi connectivity index (χ0n) is 19.3. The second-order valence-electron chi connectivity index (χ2n) is 8.60. The Balaban J connectivity index is 1.45. The molecule has 0 bridgehead atoms. The fraction of sp³-hybridized carbons (Fsp3) is 0.200. The number of anilines is 2. The summed E-state index contributed by atoms with van der Waals surface area (Å²) in [4.78, 5) is 25.8. The Hall–Kier alpha value is -2.01. The smallest absolute Gasteiger partial charge is 0.326 e. The highest BCUT2D eigenvalue weighted by molar-refractivity contribution is 7.85. The van der Waals surface area contributed by atoms with Gasteiger partial charge in [-0.1, -0.05) is 34.8 Å². The van der Waals surface area contributed by atoms with E-state index in [1.54, 1.807) is 12.1 Å². The van der Waals surface area contributed by atoms with Crippen LogP contribution in [0.25, 0.3) is 0 Å². The second-order valence-corrected chi connectivity index (χ2v) is 12.8. The molecule has 4 rings (SSSR count). The van der Waals surface area contributed by atoms with Crippen molar-refractivity contribution in [2.75, 3.05) is 16.4 Å². The maximum atomic E-state index is 13.0. The Morgan fingerprint density at radius 2 is 1.46 bits per heavy atom. The summed E-state index contributed by atoms with van der Waals surface area (Å²) in [5.74, 6) is -4.03. The van der Waals surface area contributed by atoms with Crippen LogP contribution in [0.1, 0.15) is 21.8 Å². The molecule has 1 fully saturated rings. The summed E-state index contributed by atoms with van der Waals surface area (Å²) in [5.41, 5.74) is 1.08. The first-order chi connectivity index (χ1) is 18.2. The van der Waals surface area contributed by atoms with E-state index < -0.39 is 50.7 Å². The van der Waals surface area contributed by atoms with Crippen LogP contribution in [0.4, 0.5) is 24.5 Å². The predicted octanol–water partition coefficient (Wildman–Crippen LogP) is 8.10. The van der Waals surface area contributed by atoms with E-state index >= 15 is 0 Å². The fourth-order valence-electron chi connectivity index (χ4n) is 3.94. The zero-order chi connectivity index (χ0) is 28.7. The molecule has 5 nitrogen and oxygen atoms in total. The molecule has 0 aliphatic heterocycles. The SMILES string of the molecule is O=C(Nc1ccc(S(=O)CC(F)(F)F)cc1)c1cc(NC(=O)C2C(c3cc(Cl)cc(Cl)c3)C2(Cl)Cl)ccc1Cl. The van der Waals surface area contributed by atoms with Crippen LogP contribution in [0.3, 0.4) is 0 Å². The molecule has 2 N–H and O–H groups in total. The highest BCUT2D eigenvalue weighted by Crippen LogP contribution is 2.65. The summed E-state index contributed by atoms with van der Waals surface area (Å²) in [6.45, 7) is 0. The molecule has 3 aromatic rings. The van der Waals surface area contributed by atoms with E-state index in [0.29, 0.717) is 15.6 Å². The summed E-state index contributed by atoms with van der Waals surface area (Å²) in [5, 5.41) is 6.04. The van der Waals surface area contributed by atoms with Crippen molar-refractivity contribution in [1.82, 2.24) is 0 Å². The molecule has 1 aliphatic rings. The second kappa shape index (κ2) is 11.5. The number of carbonyl (C=O) groups excluding carboxylic acids is 2. The molecule has 0 heterocycles. The number of amides is 2. The Morgan fingerprint density at radius 1 is 0.872 bits per heavy atom. The van der Waals surface area contributed by atoms with Gasteiger partial charge in [-0.25, -0.2) is 0 Å². The third-order valence-corrected chi connectivity index (χ3v) is 8.82. The normalized spacial score (nSPS) is 18.8. The van der Waals surface area contributed by atoms with E-state index in [0.717, 1.165) is 0 Å². The number of hydrogen-bond donors (Lipinski definition) is 2. The first-order valence-corrected chi connectivity index (χ1v) is 14.2. The summed E-state index contributed by atoms with van der Waals surface area (Å²) in [6, 6.07) is 14.1. The molecule has 0 radical (unpaired) electrons. The number of nitrogens with one attached hydrogen (secondary N) is 2. The van der Waals surface area contributed by atoms with Crippen LogP contribution in [0, 0.1) is 5.92 Å². The van der Waals surface area contributed by atoms with Gasteiger partial charge in [0.1, 0.15) is 10.1 Å². The molecule has 0 saturated heterocycles. The summed E-state index contributed by atoms with van der Waals surface area (Å²) in [6.07, 6.45) is -4.58. The molecule has 3 atom stereocenters. The number of rotatable bonds is 7. The Bertz CT molecular complexity index is 1450. The molecule has 39 heavy (non-hydrogen) atoms. The van der Waals surface area contributed by atoms with Gasteiger partial charge in [-0.3, -0.25) is 13.8 Å². The Labute approximate surface area is 248 Å². The van der Waals surface area contributed by atoms with Gasteiger partial charge in [0.25, 0.3) is 5.91 Å². The van der Waals surface area contributed by atoms with Gasteiger partial charge in [-0.05, 0) is 66.2 Å². The molecule has 0 spiro atoms. The lowest BCUT2D eigenvalue weighted by Crippen LogP contribution is -2.19. The first-order valence-electron chi connectivity index (χ1n) is 11.0. The quantitative estimate of drug-likeness (QED) is 0.252. The van der Waals surface area contributed by atoms with Gasteiger partial charge in [0, 0.05) is 32.2 Å². The zero-order valence-corrected chi connectivity index (χ0v) is 23.9. The van der Waals surface area contributed by atoms with Crippen molar-refractivity contribution in [2.24, 2.45) is 5.92 Å². The highest BCUT2D eigenvalue weighted by atomic mass is 35.5. The van der Waals surface area contributed by atoms with Gasteiger partial charge < -0.3 is 10.6 Å². The highest BCUT2D eigenvalue weighted by Gasteiger charge is 2.67. The number of hydrogen-bond acceptors (Lipinski definition) is 3. The molecule has 1 aliphatic carbocycles. The van der Waals surface area contributed by atoms with Gasteiger partial charge >= 0.3 is 6.18 Å². The molecule has 14 heteroatoms. The van der Waals surface area contributed by atoms with Crippen molar-refractivity contribution in [3.8, 4) is 0 Å². The molecule has 3 aromatic carbocycles. The van der Waals surface area contributed by atoms with Crippen molar-refractivity contribution in [3.05, 3.63) is 86.9 Å². The lowest BCUT2D eigenvalue weighted by atomic mass is 10.1. The van der Waals surface area contributed by atoms with E-state index in [1.165, 1.54) is 48.5 Å². The molecule has 2 amide bonds. The van der Waals surface area contributed by atoms with E-state index in [1.807, 2.05) is 0 Å². The minimum Gasteiger partial charge on any atom is -0.326 e. The molecule has 3 unspecified atom stereocenters. The average Bonchev–Trinajstić information content (AvgIpc) is 3.41. The van der Waals surface area contributed by atoms with E-state index in [2.05, 4.69) is 10.6 Å². The summed E-state index contributed by atoms with van der Waals surface area (Å²) >= 11 is 31.1. The summed E-state index contributed by atoms with van der Waals surface area (Å²) in [7, 11) is -2.28. The standard InChI is InChI=1S/C25H16Cl5F3N2O3S/c26-13-7-12(8-14(27)9-13)20-21(25(20,29)30)23(37)35-16-3-6-19(28)18(10-16)22(36)34-15-1-4-17(5-2-15)39(38)11-24(31,32)33/h1-10,20-21H,11H2,(H,34,36)(H,35,37). The average molecular weight is 659 g/mol. The fourth-order valence-corrected chi connectivity index (χ4v) is 6.42. The summed E-state index contributed by atoms with van der Waals surface area (Å²) < 4.78 is 47.9. The molecule has 0 aromatic heterocycles. The third-order valence-electron chi connectivity index (χ3n) is 5.73. The van der Waals surface area contributed by atoms with Crippen molar-refractivity contribution in [1.29, 1.82) is 0 Å². The number of carbonyl (C=O) groups is 2. The maximum Gasteiger partial charge on any atom is 0.400 e. The van der Waals surface area contributed by atoms with Gasteiger partial charge in [-0.15, -0.1) is 23.2 Å². The Kier molecular flexibility index (Phi) is 8.81. The minimum atomic E-state index is -4.58. The number of alkyl halides is 5. The van der Waals surface area contributed by atoms with Crippen LogP contribution in [-0.2, 0) is 15.6 Å². The van der Waals surface area contributed by atoms with E-state index in [4.69, 9.17) is 58.0 Å². The van der Waals surface area contributed by atoms with Crippen molar-refractivity contribution in [2.45, 2.75) is 21.3 Å². The Morgan fingerprint density at radius 3 is 2.05 bits per heavy atom. The number of halogens is 8. The molecule has 206 valence electrons. The maximum absolute atomic E-state index is 13.0. The largest absolute Gasteiger partial charge is 0.400 e. The van der Waals surface area contributed by atoms with Crippen molar-refractivity contribution in [3.63, 3.8) is 0 Å². The molecular weight excluding hydrogens is 643 g/mol. The molecular formula is C25H16Cl5F3N2O3S. The van der Waals surface area contributed by atoms with E-state index in [-0.39, 0.29) is 26.9 Å². The number of benzene rings is 3. The van der Waals surface area contributed by atoms with Crippen LogP contribution in [0.2, 0.25) is 15.1 Å². The minimum absolute atomic E-state index is 0.0103. The van der Waals surface area contributed by atoms with Crippen LogP contribution >= 0.6 is 58.0 Å². The van der Waals surface area contributed by atoms with Crippen molar-refractivity contribution < 1.29 is 27.0 Å². The molecule has 1 saturated carbocycles. The van der Waals surface area contributed by atoms with Gasteiger partial charge in [0.05, 0.1) is 27.3 Å². The van der Waals surface area contributed by atoms with Crippen LogP contribution < -0.4 is 10.6 Å².